The number of rotatable bonds is 5. The molecule has 0 aliphatic carbocycles. The maximum atomic E-state index is 12.7. The number of esters is 1. The molecular weight excluding hydrogens is 392 g/mol. The van der Waals surface area contributed by atoms with Gasteiger partial charge in [0.25, 0.3) is 0 Å². The Labute approximate surface area is 175 Å². The van der Waals surface area contributed by atoms with Crippen LogP contribution in [0.15, 0.2) is 54.6 Å². The van der Waals surface area contributed by atoms with Gasteiger partial charge >= 0.3 is 12.1 Å². The maximum Gasteiger partial charge on any atom is 0.410 e. The van der Waals surface area contributed by atoms with Crippen molar-refractivity contribution in [3.63, 3.8) is 0 Å². The molecule has 2 atom stereocenters. The molecule has 29 heavy (non-hydrogen) atoms. The van der Waals surface area contributed by atoms with Crippen molar-refractivity contribution in [1.29, 1.82) is 0 Å². The molecule has 1 N–H and O–H groups in total. The molecule has 3 rings (SSSR count). The zero-order valence-electron chi connectivity index (χ0n) is 16.6. The van der Waals surface area contributed by atoms with Gasteiger partial charge in [0, 0.05) is 19.0 Å². The molecule has 154 valence electrons. The number of carbonyl (C=O) groups is 2. The maximum absolute atomic E-state index is 12.7. The van der Waals surface area contributed by atoms with Gasteiger partial charge in [-0.25, -0.2) is 9.59 Å². The molecule has 0 saturated carbocycles. The van der Waals surface area contributed by atoms with E-state index in [1.165, 1.54) is 7.11 Å². The molecule has 1 aliphatic heterocycles. The summed E-state index contributed by atoms with van der Waals surface area (Å²) < 4.78 is 10.5. The van der Waals surface area contributed by atoms with Crippen molar-refractivity contribution >= 4 is 29.4 Å². The van der Waals surface area contributed by atoms with Gasteiger partial charge in [0.05, 0.1) is 17.8 Å². The number of piperidine rings is 1. The van der Waals surface area contributed by atoms with Crippen molar-refractivity contribution in [1.82, 2.24) is 4.90 Å². The topological polar surface area (TPSA) is 67.9 Å². The second kappa shape index (κ2) is 9.18. The number of benzene rings is 2. The standard InChI is InChI=1S/C22H25ClN2O4/c1-16-14-22(20(26)28-2,24-19-11-7-6-10-18(19)23)12-13-25(16)21(27)29-15-17-8-4-3-5-9-17/h3-11,16,24H,12-15H2,1-2H3/t16-,22-/m0/s1. The van der Waals surface area contributed by atoms with E-state index in [2.05, 4.69) is 5.32 Å². The molecule has 6 nitrogen and oxygen atoms in total. The van der Waals surface area contributed by atoms with Gasteiger partial charge in [-0.15, -0.1) is 0 Å². The van der Waals surface area contributed by atoms with Gasteiger partial charge in [0.1, 0.15) is 12.1 Å². The van der Waals surface area contributed by atoms with Crippen LogP contribution in [0.2, 0.25) is 5.02 Å². The third-order valence-electron chi connectivity index (χ3n) is 5.22. The van der Waals surface area contributed by atoms with E-state index in [9.17, 15) is 9.59 Å². The molecule has 1 amide bonds. The molecule has 1 fully saturated rings. The average Bonchev–Trinajstić information content (AvgIpc) is 2.74. The SMILES string of the molecule is COC(=O)[C@]1(Nc2ccccc2Cl)CCN(C(=O)OCc2ccccc2)[C@@H](C)C1. The van der Waals surface area contributed by atoms with Crippen LogP contribution >= 0.6 is 11.6 Å². The Balaban J connectivity index is 1.69. The first-order valence-electron chi connectivity index (χ1n) is 9.53. The van der Waals surface area contributed by atoms with Crippen LogP contribution in [-0.2, 0) is 20.9 Å². The van der Waals surface area contributed by atoms with Gasteiger partial charge in [-0.3, -0.25) is 0 Å². The Morgan fingerprint density at radius 1 is 1.17 bits per heavy atom. The fourth-order valence-electron chi connectivity index (χ4n) is 3.69. The Morgan fingerprint density at radius 3 is 2.52 bits per heavy atom. The summed E-state index contributed by atoms with van der Waals surface area (Å²) in [7, 11) is 1.36. The zero-order chi connectivity index (χ0) is 20.9. The second-order valence-electron chi connectivity index (χ2n) is 7.22. The van der Waals surface area contributed by atoms with Crippen molar-refractivity contribution in [3.8, 4) is 0 Å². The van der Waals surface area contributed by atoms with Crippen molar-refractivity contribution in [2.45, 2.75) is 38.0 Å². The quantitative estimate of drug-likeness (QED) is 0.727. The third kappa shape index (κ3) is 4.82. The summed E-state index contributed by atoms with van der Waals surface area (Å²) >= 11 is 6.27. The third-order valence-corrected chi connectivity index (χ3v) is 5.55. The number of anilines is 1. The lowest BCUT2D eigenvalue weighted by atomic mass is 9.83. The number of nitrogens with zero attached hydrogens (tertiary/aromatic N) is 1. The highest BCUT2D eigenvalue weighted by atomic mass is 35.5. The number of amides is 1. The minimum Gasteiger partial charge on any atom is -0.467 e. The number of methoxy groups -OCH3 is 1. The van der Waals surface area contributed by atoms with Crippen LogP contribution in [0, 0.1) is 0 Å². The Hall–Kier alpha value is -2.73. The average molecular weight is 417 g/mol. The lowest BCUT2D eigenvalue weighted by Gasteiger charge is -2.44. The first kappa shape index (κ1) is 21.0. The van der Waals surface area contributed by atoms with Crippen LogP contribution in [0.5, 0.6) is 0 Å². The number of ether oxygens (including phenoxy) is 2. The molecule has 0 bridgehead atoms. The summed E-state index contributed by atoms with van der Waals surface area (Å²) in [5.41, 5.74) is 0.622. The van der Waals surface area contributed by atoms with Gasteiger partial charge in [-0.05, 0) is 31.0 Å². The number of carbonyl (C=O) groups excluding carboxylic acids is 2. The molecule has 7 heteroatoms. The fraction of sp³-hybridized carbons (Fsp3) is 0.364. The molecule has 0 spiro atoms. The van der Waals surface area contributed by atoms with Gasteiger partial charge in [-0.2, -0.15) is 0 Å². The summed E-state index contributed by atoms with van der Waals surface area (Å²) in [6.45, 7) is 2.47. The van der Waals surface area contributed by atoms with E-state index < -0.39 is 11.6 Å². The summed E-state index contributed by atoms with van der Waals surface area (Å²) in [6.07, 6.45) is 0.374. The molecule has 1 heterocycles. The fourth-order valence-corrected chi connectivity index (χ4v) is 3.87. The predicted octanol–water partition coefficient (Wildman–Crippen LogP) is 4.48. The highest BCUT2D eigenvalue weighted by molar-refractivity contribution is 6.33. The first-order valence-corrected chi connectivity index (χ1v) is 9.91. The molecule has 0 radical (unpaired) electrons. The lowest BCUT2D eigenvalue weighted by molar-refractivity contribution is -0.148. The molecule has 1 saturated heterocycles. The van der Waals surface area contributed by atoms with Crippen LogP contribution in [0.1, 0.15) is 25.3 Å². The van der Waals surface area contributed by atoms with Gasteiger partial charge in [-0.1, -0.05) is 54.1 Å². The summed E-state index contributed by atoms with van der Waals surface area (Å²) in [5, 5.41) is 3.80. The van der Waals surface area contributed by atoms with Crippen LogP contribution in [0.3, 0.4) is 0 Å². The number of likely N-dealkylation sites (tertiary alicyclic amines) is 1. The van der Waals surface area contributed by atoms with Crippen LogP contribution in [-0.4, -0.2) is 42.2 Å². The van der Waals surface area contributed by atoms with Crippen molar-refractivity contribution in [3.05, 3.63) is 65.2 Å². The number of hydrogen-bond acceptors (Lipinski definition) is 5. The summed E-state index contributed by atoms with van der Waals surface area (Å²) in [4.78, 5) is 26.9. The van der Waals surface area contributed by atoms with Gasteiger partial charge in [0.2, 0.25) is 0 Å². The van der Waals surface area contributed by atoms with Gasteiger partial charge in [0.15, 0.2) is 0 Å². The second-order valence-corrected chi connectivity index (χ2v) is 7.62. The lowest BCUT2D eigenvalue weighted by Crippen LogP contribution is -2.59. The predicted molar refractivity (Wildman–Crippen MR) is 112 cm³/mol. The number of hydrogen-bond donors (Lipinski definition) is 1. The van der Waals surface area contributed by atoms with Gasteiger partial charge < -0.3 is 19.7 Å². The van der Waals surface area contributed by atoms with E-state index in [0.717, 1.165) is 5.56 Å². The minimum absolute atomic E-state index is 0.211. The smallest absolute Gasteiger partial charge is 0.410 e. The first-order chi connectivity index (χ1) is 13.9. The number of nitrogens with one attached hydrogen (secondary N) is 1. The van der Waals surface area contributed by atoms with Crippen LogP contribution in [0.25, 0.3) is 0 Å². The summed E-state index contributed by atoms with van der Waals surface area (Å²) in [5.74, 6) is -0.374. The Morgan fingerprint density at radius 2 is 1.86 bits per heavy atom. The zero-order valence-corrected chi connectivity index (χ0v) is 17.3. The highest BCUT2D eigenvalue weighted by Crippen LogP contribution is 2.34. The molecule has 1 aliphatic rings. The van der Waals surface area contributed by atoms with Crippen LogP contribution in [0.4, 0.5) is 10.5 Å². The minimum atomic E-state index is -0.963. The molecule has 0 unspecified atom stereocenters. The number of halogens is 1. The molecule has 0 aromatic heterocycles. The Kier molecular flexibility index (Phi) is 6.64. The largest absolute Gasteiger partial charge is 0.467 e. The van der Waals surface area contributed by atoms with E-state index in [0.29, 0.717) is 30.1 Å². The van der Waals surface area contributed by atoms with Crippen molar-refractivity contribution in [2.24, 2.45) is 0 Å². The van der Waals surface area contributed by atoms with Crippen LogP contribution < -0.4 is 5.32 Å². The summed E-state index contributed by atoms with van der Waals surface area (Å²) in [6, 6.07) is 16.6. The monoisotopic (exact) mass is 416 g/mol. The normalized spacial score (nSPS) is 21.3. The van der Waals surface area contributed by atoms with Crippen molar-refractivity contribution < 1.29 is 19.1 Å². The highest BCUT2D eigenvalue weighted by Gasteiger charge is 2.47. The molecule has 2 aromatic carbocycles. The van der Waals surface area contributed by atoms with E-state index in [1.54, 1.807) is 11.0 Å². The van der Waals surface area contributed by atoms with E-state index in [-0.39, 0.29) is 18.6 Å². The van der Waals surface area contributed by atoms with E-state index >= 15 is 0 Å². The molecule has 2 aromatic rings. The molecular formula is C22H25ClN2O4. The van der Waals surface area contributed by atoms with E-state index in [1.807, 2.05) is 55.5 Å². The Bertz CT molecular complexity index is 861. The van der Waals surface area contributed by atoms with E-state index in [4.69, 9.17) is 21.1 Å². The van der Waals surface area contributed by atoms with Crippen molar-refractivity contribution in [2.75, 3.05) is 19.0 Å². The number of para-hydroxylation sites is 1.